The SMILES string of the molecule is CN=C(NCCCCN1CCCC(C)C1)NCCc1ccc2c(c1)OCO2.I. The molecule has 158 valence electrons. The average Bonchev–Trinajstić information content (AvgIpc) is 3.14. The van der Waals surface area contributed by atoms with Gasteiger partial charge in [-0.25, -0.2) is 0 Å². The topological polar surface area (TPSA) is 58.1 Å². The maximum Gasteiger partial charge on any atom is 0.231 e. The van der Waals surface area contributed by atoms with E-state index in [1.807, 2.05) is 13.1 Å². The number of hydrogen-bond acceptors (Lipinski definition) is 4. The van der Waals surface area contributed by atoms with E-state index in [1.165, 1.54) is 50.9 Å². The molecule has 0 amide bonds. The summed E-state index contributed by atoms with van der Waals surface area (Å²) < 4.78 is 10.8. The van der Waals surface area contributed by atoms with Crippen LogP contribution in [0, 0.1) is 5.92 Å². The van der Waals surface area contributed by atoms with Crippen molar-refractivity contribution in [3.05, 3.63) is 23.8 Å². The van der Waals surface area contributed by atoms with E-state index >= 15 is 0 Å². The minimum Gasteiger partial charge on any atom is -0.454 e. The lowest BCUT2D eigenvalue weighted by Crippen LogP contribution is -2.39. The lowest BCUT2D eigenvalue weighted by molar-refractivity contribution is 0.174. The summed E-state index contributed by atoms with van der Waals surface area (Å²) in [5.41, 5.74) is 1.23. The largest absolute Gasteiger partial charge is 0.454 e. The van der Waals surface area contributed by atoms with Gasteiger partial charge in [0.05, 0.1) is 0 Å². The molecule has 0 saturated carbocycles. The van der Waals surface area contributed by atoms with E-state index < -0.39 is 0 Å². The van der Waals surface area contributed by atoms with E-state index in [-0.39, 0.29) is 24.0 Å². The first-order valence-electron chi connectivity index (χ1n) is 10.3. The molecule has 6 nitrogen and oxygen atoms in total. The van der Waals surface area contributed by atoms with E-state index in [9.17, 15) is 0 Å². The molecule has 0 aromatic heterocycles. The van der Waals surface area contributed by atoms with Gasteiger partial charge < -0.3 is 25.0 Å². The standard InChI is InChI=1S/C21H34N4O2.HI/c1-17-6-5-13-25(15-17)12-4-3-10-23-21(22-2)24-11-9-18-7-8-19-20(14-18)27-16-26-19;/h7-8,14,17H,3-6,9-13,15-16H2,1-2H3,(H2,22,23,24);1H. The molecule has 28 heavy (non-hydrogen) atoms. The normalized spacial score (nSPS) is 19.2. The fraction of sp³-hybridized carbons (Fsp3) is 0.667. The maximum absolute atomic E-state index is 5.43. The first-order chi connectivity index (χ1) is 13.2. The molecular formula is C21H35IN4O2. The Morgan fingerprint density at radius 3 is 2.82 bits per heavy atom. The molecule has 7 heteroatoms. The summed E-state index contributed by atoms with van der Waals surface area (Å²) >= 11 is 0. The molecular weight excluding hydrogens is 467 g/mol. The fourth-order valence-electron chi connectivity index (χ4n) is 3.80. The van der Waals surface area contributed by atoms with E-state index in [0.717, 1.165) is 42.9 Å². The van der Waals surface area contributed by atoms with Crippen molar-refractivity contribution in [1.82, 2.24) is 15.5 Å². The molecule has 1 unspecified atom stereocenters. The van der Waals surface area contributed by atoms with Crippen molar-refractivity contribution in [2.75, 3.05) is 46.6 Å². The number of unbranched alkanes of at least 4 members (excludes halogenated alkanes) is 1. The molecule has 1 saturated heterocycles. The van der Waals surface area contributed by atoms with Gasteiger partial charge in [0.1, 0.15) is 0 Å². The first kappa shape index (κ1) is 23.1. The summed E-state index contributed by atoms with van der Waals surface area (Å²) in [5.74, 6) is 3.42. The Kier molecular flexibility index (Phi) is 10.2. The summed E-state index contributed by atoms with van der Waals surface area (Å²) in [7, 11) is 1.82. The number of likely N-dealkylation sites (tertiary alicyclic amines) is 1. The van der Waals surface area contributed by atoms with Gasteiger partial charge in [0.15, 0.2) is 17.5 Å². The number of halogens is 1. The van der Waals surface area contributed by atoms with Crippen molar-refractivity contribution >= 4 is 29.9 Å². The molecule has 0 bridgehead atoms. The average molecular weight is 502 g/mol. The molecule has 2 aliphatic heterocycles. The van der Waals surface area contributed by atoms with Crippen LogP contribution in [0.4, 0.5) is 0 Å². The van der Waals surface area contributed by atoms with Gasteiger partial charge in [0.2, 0.25) is 6.79 Å². The molecule has 0 aliphatic carbocycles. The van der Waals surface area contributed by atoms with Crippen molar-refractivity contribution in [2.45, 2.75) is 39.0 Å². The Balaban J connectivity index is 0.00000280. The van der Waals surface area contributed by atoms with Crippen molar-refractivity contribution in [2.24, 2.45) is 10.9 Å². The van der Waals surface area contributed by atoms with Crippen LogP contribution in [0.5, 0.6) is 11.5 Å². The minimum atomic E-state index is 0. The Morgan fingerprint density at radius 1 is 1.18 bits per heavy atom. The highest BCUT2D eigenvalue weighted by Gasteiger charge is 2.15. The highest BCUT2D eigenvalue weighted by molar-refractivity contribution is 14.0. The van der Waals surface area contributed by atoms with E-state index in [1.54, 1.807) is 0 Å². The van der Waals surface area contributed by atoms with Crippen LogP contribution in [0.3, 0.4) is 0 Å². The molecule has 3 rings (SSSR count). The Bertz CT molecular complexity index is 626. The maximum atomic E-state index is 5.43. The third-order valence-electron chi connectivity index (χ3n) is 5.30. The fourth-order valence-corrected chi connectivity index (χ4v) is 3.80. The zero-order valence-electron chi connectivity index (χ0n) is 17.2. The number of nitrogens with zero attached hydrogens (tertiary/aromatic N) is 2. The molecule has 0 radical (unpaired) electrons. The Morgan fingerprint density at radius 2 is 2.00 bits per heavy atom. The quantitative estimate of drug-likeness (QED) is 0.248. The second kappa shape index (κ2) is 12.4. The van der Waals surface area contributed by atoms with Crippen molar-refractivity contribution < 1.29 is 9.47 Å². The lowest BCUT2D eigenvalue weighted by Gasteiger charge is -2.30. The summed E-state index contributed by atoms with van der Waals surface area (Å²) in [6.07, 6.45) is 6.10. The van der Waals surface area contributed by atoms with Gasteiger partial charge >= 0.3 is 0 Å². The van der Waals surface area contributed by atoms with Crippen LogP contribution in [-0.4, -0.2) is 57.4 Å². The Hall–Kier alpha value is -1.22. The highest BCUT2D eigenvalue weighted by atomic mass is 127. The van der Waals surface area contributed by atoms with Crippen LogP contribution >= 0.6 is 24.0 Å². The molecule has 2 heterocycles. The molecule has 0 spiro atoms. The number of hydrogen-bond donors (Lipinski definition) is 2. The molecule has 1 atom stereocenters. The highest BCUT2D eigenvalue weighted by Crippen LogP contribution is 2.32. The number of rotatable bonds is 8. The summed E-state index contributed by atoms with van der Waals surface area (Å²) in [4.78, 5) is 6.93. The monoisotopic (exact) mass is 502 g/mol. The van der Waals surface area contributed by atoms with Gasteiger partial charge in [-0.1, -0.05) is 13.0 Å². The summed E-state index contributed by atoms with van der Waals surface area (Å²) in [5, 5.41) is 6.81. The molecule has 2 N–H and O–H groups in total. The van der Waals surface area contributed by atoms with Crippen LogP contribution in [0.25, 0.3) is 0 Å². The third-order valence-corrected chi connectivity index (χ3v) is 5.30. The zero-order valence-corrected chi connectivity index (χ0v) is 19.5. The number of nitrogens with one attached hydrogen (secondary N) is 2. The second-order valence-electron chi connectivity index (χ2n) is 7.62. The first-order valence-corrected chi connectivity index (χ1v) is 10.3. The lowest BCUT2D eigenvalue weighted by atomic mass is 10.0. The van der Waals surface area contributed by atoms with Gasteiger partial charge in [-0.3, -0.25) is 4.99 Å². The van der Waals surface area contributed by atoms with Crippen molar-refractivity contribution in [3.8, 4) is 11.5 Å². The third kappa shape index (κ3) is 7.31. The van der Waals surface area contributed by atoms with Crippen molar-refractivity contribution in [3.63, 3.8) is 0 Å². The van der Waals surface area contributed by atoms with Gasteiger partial charge in [0, 0.05) is 26.7 Å². The minimum absolute atomic E-state index is 0. The molecule has 1 fully saturated rings. The van der Waals surface area contributed by atoms with Gasteiger partial charge in [-0.15, -0.1) is 24.0 Å². The second-order valence-corrected chi connectivity index (χ2v) is 7.62. The smallest absolute Gasteiger partial charge is 0.231 e. The number of benzene rings is 1. The predicted molar refractivity (Wildman–Crippen MR) is 125 cm³/mol. The van der Waals surface area contributed by atoms with E-state index in [4.69, 9.17) is 9.47 Å². The summed E-state index contributed by atoms with van der Waals surface area (Å²) in [6.45, 7) is 8.27. The van der Waals surface area contributed by atoms with Crippen LogP contribution < -0.4 is 20.1 Å². The Labute approximate surface area is 186 Å². The number of piperidine rings is 1. The molecule has 2 aliphatic rings. The summed E-state index contributed by atoms with van der Waals surface area (Å²) in [6, 6.07) is 6.13. The van der Waals surface area contributed by atoms with Crippen LogP contribution in [-0.2, 0) is 6.42 Å². The predicted octanol–water partition coefficient (Wildman–Crippen LogP) is 3.25. The zero-order chi connectivity index (χ0) is 18.9. The molecule has 1 aromatic carbocycles. The van der Waals surface area contributed by atoms with Gasteiger partial charge in [0.25, 0.3) is 0 Å². The number of ether oxygens (including phenoxy) is 2. The van der Waals surface area contributed by atoms with E-state index in [2.05, 4.69) is 39.6 Å². The number of fused-ring (bicyclic) bond motifs is 1. The van der Waals surface area contributed by atoms with Crippen LogP contribution in [0.2, 0.25) is 0 Å². The van der Waals surface area contributed by atoms with Crippen molar-refractivity contribution in [1.29, 1.82) is 0 Å². The molecule has 1 aromatic rings. The number of guanidine groups is 1. The van der Waals surface area contributed by atoms with E-state index in [0.29, 0.717) is 6.79 Å². The van der Waals surface area contributed by atoms with Crippen LogP contribution in [0.15, 0.2) is 23.2 Å². The van der Waals surface area contributed by atoms with Crippen LogP contribution in [0.1, 0.15) is 38.2 Å². The van der Waals surface area contributed by atoms with Gasteiger partial charge in [-0.05, 0) is 68.8 Å². The van der Waals surface area contributed by atoms with Gasteiger partial charge in [-0.2, -0.15) is 0 Å². The number of aliphatic imine (C=N–C) groups is 1.